The molecule has 5 nitrogen and oxygen atoms in total. The average molecular weight is 294 g/mol. The van der Waals surface area contributed by atoms with Crippen LogP contribution in [0.15, 0.2) is 0 Å². The number of fused-ring (bicyclic) bond motifs is 1. The third-order valence-corrected chi connectivity index (χ3v) is 4.53. The van der Waals surface area contributed by atoms with Crippen LogP contribution in [0.5, 0.6) is 0 Å². The molecule has 0 amide bonds. The minimum atomic E-state index is 0.148. The Morgan fingerprint density at radius 1 is 1.25 bits per heavy atom. The minimum absolute atomic E-state index is 0.148. The highest BCUT2D eigenvalue weighted by atomic mass is 32.1. The van der Waals surface area contributed by atoms with Gasteiger partial charge in [0.15, 0.2) is 0 Å². The molecule has 0 radical (unpaired) electrons. The maximum atomic E-state index is 9.10. The van der Waals surface area contributed by atoms with Gasteiger partial charge in [-0.05, 0) is 32.4 Å². The molecule has 0 spiro atoms. The number of aliphatic hydroxyl groups excluding tert-OH is 1. The summed E-state index contributed by atoms with van der Waals surface area (Å²) in [6.45, 7) is 8.59. The summed E-state index contributed by atoms with van der Waals surface area (Å²) < 4.78 is 0. The molecule has 110 valence electrons. The summed E-state index contributed by atoms with van der Waals surface area (Å²) in [7, 11) is 0. The zero-order chi connectivity index (χ0) is 14.7. The number of aryl methyl sites for hydroxylation is 2. The highest BCUT2D eigenvalue weighted by Crippen LogP contribution is 2.31. The predicted molar refractivity (Wildman–Crippen MR) is 84.0 cm³/mol. The van der Waals surface area contributed by atoms with Crippen LogP contribution < -0.4 is 5.73 Å². The van der Waals surface area contributed by atoms with Crippen molar-refractivity contribution in [3.05, 3.63) is 16.3 Å². The summed E-state index contributed by atoms with van der Waals surface area (Å²) in [6.07, 6.45) is 1.04. The number of nitrogens with two attached hydrogens (primary N) is 1. The number of aromatic nitrogens is 2. The molecule has 0 saturated heterocycles. The molecule has 2 rings (SSSR count). The maximum Gasteiger partial charge on any atom is 0.146 e. The molecule has 0 aliphatic rings. The summed E-state index contributed by atoms with van der Waals surface area (Å²) in [5.74, 6) is 1.30. The van der Waals surface area contributed by atoms with Gasteiger partial charge in [0, 0.05) is 11.4 Å². The van der Waals surface area contributed by atoms with E-state index in [2.05, 4.69) is 35.6 Å². The average Bonchev–Trinajstić information content (AvgIpc) is 2.66. The summed E-state index contributed by atoms with van der Waals surface area (Å²) in [5.41, 5.74) is 7.26. The smallest absolute Gasteiger partial charge is 0.146 e. The lowest BCUT2D eigenvalue weighted by molar-refractivity contribution is 0.187. The highest BCUT2D eigenvalue weighted by molar-refractivity contribution is 7.18. The van der Waals surface area contributed by atoms with Crippen molar-refractivity contribution in [3.8, 4) is 0 Å². The summed E-state index contributed by atoms with van der Waals surface area (Å²) >= 11 is 1.66. The second kappa shape index (κ2) is 6.47. The standard InChI is InChI=1S/C14H22N4OS/c1-4-5-18(6-7-19)8-11-16-13(15)12-9(2)10(3)20-14(12)17-11/h19H,4-8H2,1-3H3,(H2,15,16,17). The van der Waals surface area contributed by atoms with Crippen molar-refractivity contribution in [3.63, 3.8) is 0 Å². The number of nitrogen functional groups attached to an aromatic ring is 1. The Balaban J connectivity index is 2.31. The molecule has 0 aromatic carbocycles. The quantitative estimate of drug-likeness (QED) is 0.853. The van der Waals surface area contributed by atoms with Crippen LogP contribution in [0.25, 0.3) is 10.2 Å². The fourth-order valence-electron chi connectivity index (χ4n) is 2.32. The molecule has 0 aliphatic heterocycles. The first kappa shape index (κ1) is 15.2. The van der Waals surface area contributed by atoms with Crippen LogP contribution in [0.3, 0.4) is 0 Å². The molecule has 0 bridgehead atoms. The predicted octanol–water partition coefficient (Wildman–Crippen LogP) is 2.09. The Bertz CT molecular complexity index is 590. The molecular weight excluding hydrogens is 272 g/mol. The van der Waals surface area contributed by atoms with Gasteiger partial charge in [-0.25, -0.2) is 9.97 Å². The molecular formula is C14H22N4OS. The zero-order valence-electron chi connectivity index (χ0n) is 12.3. The van der Waals surface area contributed by atoms with Crippen molar-refractivity contribution in [2.75, 3.05) is 25.4 Å². The van der Waals surface area contributed by atoms with Crippen LogP contribution in [-0.2, 0) is 6.54 Å². The Kier molecular flexibility index (Phi) is 4.91. The minimum Gasteiger partial charge on any atom is -0.395 e. The lowest BCUT2D eigenvalue weighted by atomic mass is 10.2. The van der Waals surface area contributed by atoms with Gasteiger partial charge in [0.2, 0.25) is 0 Å². The van der Waals surface area contributed by atoms with Crippen molar-refractivity contribution < 1.29 is 5.11 Å². The van der Waals surface area contributed by atoms with Crippen LogP contribution in [0.4, 0.5) is 5.82 Å². The van der Waals surface area contributed by atoms with Crippen molar-refractivity contribution in [1.29, 1.82) is 0 Å². The van der Waals surface area contributed by atoms with Gasteiger partial charge in [0.05, 0.1) is 18.5 Å². The highest BCUT2D eigenvalue weighted by Gasteiger charge is 2.14. The van der Waals surface area contributed by atoms with E-state index in [1.807, 2.05) is 0 Å². The van der Waals surface area contributed by atoms with Gasteiger partial charge in [0.1, 0.15) is 16.5 Å². The molecule has 0 aliphatic carbocycles. The number of thiophene rings is 1. The van der Waals surface area contributed by atoms with Crippen LogP contribution in [0.1, 0.15) is 29.6 Å². The fourth-order valence-corrected chi connectivity index (χ4v) is 3.38. The van der Waals surface area contributed by atoms with E-state index in [9.17, 15) is 0 Å². The topological polar surface area (TPSA) is 75.3 Å². The monoisotopic (exact) mass is 294 g/mol. The third-order valence-electron chi connectivity index (χ3n) is 3.42. The van der Waals surface area contributed by atoms with E-state index in [4.69, 9.17) is 10.8 Å². The van der Waals surface area contributed by atoms with Crippen molar-refractivity contribution in [2.45, 2.75) is 33.7 Å². The maximum absolute atomic E-state index is 9.10. The zero-order valence-corrected chi connectivity index (χ0v) is 13.1. The first-order valence-corrected chi connectivity index (χ1v) is 7.73. The van der Waals surface area contributed by atoms with Crippen LogP contribution >= 0.6 is 11.3 Å². The fraction of sp³-hybridized carbons (Fsp3) is 0.571. The van der Waals surface area contributed by atoms with Gasteiger partial charge in [-0.3, -0.25) is 4.90 Å². The van der Waals surface area contributed by atoms with E-state index >= 15 is 0 Å². The molecule has 6 heteroatoms. The Hall–Kier alpha value is -1.24. The van der Waals surface area contributed by atoms with E-state index in [0.717, 1.165) is 29.0 Å². The number of nitrogens with zero attached hydrogens (tertiary/aromatic N) is 3. The number of rotatable bonds is 6. The van der Waals surface area contributed by atoms with Crippen LogP contribution in [-0.4, -0.2) is 39.7 Å². The summed E-state index contributed by atoms with van der Waals surface area (Å²) in [5, 5.41) is 10.1. The third kappa shape index (κ3) is 3.08. The number of aliphatic hydroxyl groups is 1. The largest absolute Gasteiger partial charge is 0.395 e. The van der Waals surface area contributed by atoms with Crippen molar-refractivity contribution in [2.24, 2.45) is 0 Å². The molecule has 0 saturated carbocycles. The Morgan fingerprint density at radius 2 is 2.00 bits per heavy atom. The molecule has 20 heavy (non-hydrogen) atoms. The number of hydrogen-bond donors (Lipinski definition) is 2. The van der Waals surface area contributed by atoms with Gasteiger partial charge in [-0.2, -0.15) is 0 Å². The first-order chi connectivity index (χ1) is 9.56. The van der Waals surface area contributed by atoms with Crippen molar-refractivity contribution >= 4 is 27.4 Å². The van der Waals surface area contributed by atoms with Crippen LogP contribution in [0, 0.1) is 13.8 Å². The van der Waals surface area contributed by atoms with Crippen molar-refractivity contribution in [1.82, 2.24) is 14.9 Å². The van der Waals surface area contributed by atoms with Crippen LogP contribution in [0.2, 0.25) is 0 Å². The Labute approximate surface area is 123 Å². The first-order valence-electron chi connectivity index (χ1n) is 6.92. The molecule has 2 aromatic heterocycles. The van der Waals surface area contributed by atoms with Gasteiger partial charge in [0.25, 0.3) is 0 Å². The number of hydrogen-bond acceptors (Lipinski definition) is 6. The Morgan fingerprint density at radius 3 is 2.65 bits per heavy atom. The lowest BCUT2D eigenvalue weighted by Gasteiger charge is -2.19. The second-order valence-electron chi connectivity index (χ2n) is 4.99. The van der Waals surface area contributed by atoms with E-state index < -0.39 is 0 Å². The lowest BCUT2D eigenvalue weighted by Crippen LogP contribution is -2.28. The molecule has 2 heterocycles. The molecule has 2 aromatic rings. The molecule has 3 N–H and O–H groups in total. The second-order valence-corrected chi connectivity index (χ2v) is 6.19. The summed E-state index contributed by atoms with van der Waals surface area (Å²) in [6, 6.07) is 0. The molecule has 0 fully saturated rings. The SMILES string of the molecule is CCCN(CCO)Cc1nc(N)c2c(C)c(C)sc2n1. The summed E-state index contributed by atoms with van der Waals surface area (Å²) in [4.78, 5) is 13.4. The van der Waals surface area contributed by atoms with E-state index in [0.29, 0.717) is 18.9 Å². The van der Waals surface area contributed by atoms with E-state index in [-0.39, 0.29) is 6.61 Å². The van der Waals surface area contributed by atoms with Gasteiger partial charge < -0.3 is 10.8 Å². The normalized spacial score (nSPS) is 11.7. The van der Waals surface area contributed by atoms with Gasteiger partial charge in [-0.15, -0.1) is 11.3 Å². The number of anilines is 1. The van der Waals surface area contributed by atoms with Gasteiger partial charge >= 0.3 is 0 Å². The molecule has 0 unspecified atom stereocenters. The van der Waals surface area contributed by atoms with Gasteiger partial charge in [-0.1, -0.05) is 6.92 Å². The molecule has 0 atom stereocenters. The van der Waals surface area contributed by atoms with E-state index in [1.165, 1.54) is 10.4 Å². The van der Waals surface area contributed by atoms with E-state index in [1.54, 1.807) is 11.3 Å².